The standard InChI is InChI=1S/C13H11ClF2N2/c1-2-4-8-12(17-7-18-13(8)14)11-9(15)5-3-6-10(11)16/h3,5-7H,2,4H2,1H3. The number of hydrogen-bond donors (Lipinski definition) is 0. The summed E-state index contributed by atoms with van der Waals surface area (Å²) in [6, 6.07) is 3.71. The van der Waals surface area contributed by atoms with Crippen LogP contribution in [0.15, 0.2) is 24.5 Å². The zero-order valence-corrected chi connectivity index (χ0v) is 10.5. The minimum Gasteiger partial charge on any atom is -0.236 e. The summed E-state index contributed by atoms with van der Waals surface area (Å²) in [6.07, 6.45) is 2.57. The minimum atomic E-state index is -0.651. The van der Waals surface area contributed by atoms with Crippen LogP contribution in [0.5, 0.6) is 0 Å². The average Bonchev–Trinajstić information content (AvgIpc) is 2.33. The van der Waals surface area contributed by atoms with E-state index in [9.17, 15) is 8.78 Å². The molecule has 94 valence electrons. The molecule has 1 aromatic heterocycles. The third-order valence-corrected chi connectivity index (χ3v) is 2.92. The van der Waals surface area contributed by atoms with Crippen molar-refractivity contribution < 1.29 is 8.78 Å². The van der Waals surface area contributed by atoms with Gasteiger partial charge in [0.15, 0.2) is 0 Å². The van der Waals surface area contributed by atoms with Crippen LogP contribution < -0.4 is 0 Å². The number of aromatic nitrogens is 2. The molecule has 0 unspecified atom stereocenters. The van der Waals surface area contributed by atoms with E-state index in [0.29, 0.717) is 12.0 Å². The van der Waals surface area contributed by atoms with Gasteiger partial charge in [0.2, 0.25) is 0 Å². The van der Waals surface area contributed by atoms with Crippen molar-refractivity contribution in [3.8, 4) is 11.3 Å². The Balaban J connectivity index is 2.67. The van der Waals surface area contributed by atoms with E-state index in [2.05, 4.69) is 9.97 Å². The Bertz CT molecular complexity index is 553. The maximum Gasteiger partial charge on any atom is 0.136 e. The predicted molar refractivity (Wildman–Crippen MR) is 66.4 cm³/mol. The van der Waals surface area contributed by atoms with Crippen molar-refractivity contribution in [1.29, 1.82) is 0 Å². The first kappa shape index (κ1) is 12.9. The van der Waals surface area contributed by atoms with Crippen molar-refractivity contribution in [2.24, 2.45) is 0 Å². The number of rotatable bonds is 3. The summed E-state index contributed by atoms with van der Waals surface area (Å²) in [5, 5.41) is 0.240. The van der Waals surface area contributed by atoms with Gasteiger partial charge in [0, 0.05) is 5.56 Å². The van der Waals surface area contributed by atoms with Crippen LogP contribution in [0.1, 0.15) is 18.9 Å². The zero-order valence-electron chi connectivity index (χ0n) is 9.75. The molecule has 0 amide bonds. The zero-order chi connectivity index (χ0) is 13.1. The third kappa shape index (κ3) is 2.34. The summed E-state index contributed by atoms with van der Waals surface area (Å²) in [5.41, 5.74) is 0.656. The van der Waals surface area contributed by atoms with Crippen LogP contribution >= 0.6 is 11.6 Å². The first-order valence-electron chi connectivity index (χ1n) is 5.59. The van der Waals surface area contributed by atoms with E-state index in [-0.39, 0.29) is 16.4 Å². The van der Waals surface area contributed by atoms with Gasteiger partial charge in [0.25, 0.3) is 0 Å². The van der Waals surface area contributed by atoms with Gasteiger partial charge in [0.05, 0.1) is 11.3 Å². The van der Waals surface area contributed by atoms with Gasteiger partial charge >= 0.3 is 0 Å². The fraction of sp³-hybridized carbons (Fsp3) is 0.231. The van der Waals surface area contributed by atoms with Crippen molar-refractivity contribution >= 4 is 11.6 Å². The lowest BCUT2D eigenvalue weighted by Gasteiger charge is -2.10. The van der Waals surface area contributed by atoms with Gasteiger partial charge in [-0.3, -0.25) is 0 Å². The molecule has 0 spiro atoms. The molecule has 0 aliphatic heterocycles. The van der Waals surface area contributed by atoms with Gasteiger partial charge in [0.1, 0.15) is 23.1 Å². The lowest BCUT2D eigenvalue weighted by molar-refractivity contribution is 0.588. The smallest absolute Gasteiger partial charge is 0.136 e. The maximum atomic E-state index is 13.7. The van der Waals surface area contributed by atoms with Crippen LogP contribution in [0.25, 0.3) is 11.3 Å². The van der Waals surface area contributed by atoms with E-state index in [1.807, 2.05) is 6.92 Å². The molecule has 0 aliphatic rings. The Hall–Kier alpha value is -1.55. The highest BCUT2D eigenvalue weighted by Gasteiger charge is 2.18. The molecular weight excluding hydrogens is 258 g/mol. The number of hydrogen-bond acceptors (Lipinski definition) is 2. The van der Waals surface area contributed by atoms with Crippen molar-refractivity contribution in [2.45, 2.75) is 19.8 Å². The van der Waals surface area contributed by atoms with E-state index in [0.717, 1.165) is 6.42 Å². The van der Waals surface area contributed by atoms with Gasteiger partial charge in [-0.2, -0.15) is 0 Å². The number of benzene rings is 1. The highest BCUT2D eigenvalue weighted by molar-refractivity contribution is 6.30. The van der Waals surface area contributed by atoms with Gasteiger partial charge < -0.3 is 0 Å². The monoisotopic (exact) mass is 268 g/mol. The second-order valence-corrected chi connectivity index (χ2v) is 4.20. The van der Waals surface area contributed by atoms with Crippen molar-refractivity contribution in [1.82, 2.24) is 9.97 Å². The molecular formula is C13H11ClF2N2. The average molecular weight is 269 g/mol. The topological polar surface area (TPSA) is 25.8 Å². The van der Waals surface area contributed by atoms with E-state index < -0.39 is 11.6 Å². The molecule has 0 aliphatic carbocycles. The molecule has 2 nitrogen and oxygen atoms in total. The van der Waals surface area contributed by atoms with Gasteiger partial charge in [-0.1, -0.05) is 31.0 Å². The van der Waals surface area contributed by atoms with Crippen LogP contribution in [0.2, 0.25) is 5.15 Å². The van der Waals surface area contributed by atoms with E-state index in [1.54, 1.807) is 0 Å². The lowest BCUT2D eigenvalue weighted by atomic mass is 10.0. The second kappa shape index (κ2) is 5.40. The van der Waals surface area contributed by atoms with Crippen LogP contribution in [-0.2, 0) is 6.42 Å². The summed E-state index contributed by atoms with van der Waals surface area (Å²) in [5.74, 6) is -1.30. The number of halogens is 3. The molecule has 0 radical (unpaired) electrons. The Morgan fingerprint density at radius 2 is 1.83 bits per heavy atom. The van der Waals surface area contributed by atoms with Gasteiger partial charge in [-0.25, -0.2) is 18.7 Å². The van der Waals surface area contributed by atoms with Crippen molar-refractivity contribution in [3.63, 3.8) is 0 Å². The van der Waals surface area contributed by atoms with Crippen LogP contribution in [0.4, 0.5) is 8.78 Å². The van der Waals surface area contributed by atoms with Gasteiger partial charge in [-0.05, 0) is 18.6 Å². The molecule has 0 atom stereocenters. The molecule has 0 saturated carbocycles. The van der Waals surface area contributed by atoms with E-state index in [4.69, 9.17) is 11.6 Å². The fourth-order valence-corrected chi connectivity index (χ4v) is 2.03. The summed E-state index contributed by atoms with van der Waals surface area (Å²) in [6.45, 7) is 1.95. The molecule has 0 saturated heterocycles. The molecule has 5 heteroatoms. The summed E-state index contributed by atoms with van der Waals surface area (Å²) in [4.78, 5) is 7.83. The van der Waals surface area contributed by atoms with Crippen LogP contribution in [0.3, 0.4) is 0 Å². The maximum absolute atomic E-state index is 13.7. The first-order chi connectivity index (χ1) is 8.65. The highest BCUT2D eigenvalue weighted by atomic mass is 35.5. The molecule has 1 heterocycles. The molecule has 1 aromatic carbocycles. The quantitative estimate of drug-likeness (QED) is 0.786. The molecule has 0 N–H and O–H groups in total. The normalized spacial score (nSPS) is 10.7. The second-order valence-electron chi connectivity index (χ2n) is 3.84. The van der Waals surface area contributed by atoms with Crippen molar-refractivity contribution in [2.75, 3.05) is 0 Å². The Kier molecular flexibility index (Phi) is 3.87. The lowest BCUT2D eigenvalue weighted by Crippen LogP contribution is -2.00. The molecule has 0 bridgehead atoms. The summed E-state index contributed by atoms with van der Waals surface area (Å²) >= 11 is 5.97. The predicted octanol–water partition coefficient (Wildman–Crippen LogP) is 4.03. The summed E-state index contributed by atoms with van der Waals surface area (Å²) < 4.78 is 27.5. The highest BCUT2D eigenvalue weighted by Crippen LogP contribution is 2.30. The third-order valence-electron chi connectivity index (χ3n) is 2.59. The van der Waals surface area contributed by atoms with Gasteiger partial charge in [-0.15, -0.1) is 0 Å². The van der Waals surface area contributed by atoms with Crippen LogP contribution in [-0.4, -0.2) is 9.97 Å². The Labute approximate surface area is 109 Å². The minimum absolute atomic E-state index is 0.148. The SMILES string of the molecule is CCCc1c(Cl)ncnc1-c1c(F)cccc1F. The first-order valence-corrected chi connectivity index (χ1v) is 5.96. The number of nitrogens with zero attached hydrogens (tertiary/aromatic N) is 2. The van der Waals surface area contributed by atoms with Crippen LogP contribution in [0, 0.1) is 11.6 Å². The van der Waals surface area contributed by atoms with Crippen molar-refractivity contribution in [3.05, 3.63) is 46.9 Å². The molecule has 0 fully saturated rings. The molecule has 2 aromatic rings. The van der Waals surface area contributed by atoms with E-state index >= 15 is 0 Å². The Morgan fingerprint density at radius 3 is 2.44 bits per heavy atom. The van der Waals surface area contributed by atoms with E-state index in [1.165, 1.54) is 24.5 Å². The Morgan fingerprint density at radius 1 is 1.17 bits per heavy atom. The summed E-state index contributed by atoms with van der Waals surface area (Å²) in [7, 11) is 0. The fourth-order valence-electron chi connectivity index (χ4n) is 1.80. The molecule has 2 rings (SSSR count). The largest absolute Gasteiger partial charge is 0.236 e. The molecule has 18 heavy (non-hydrogen) atoms.